The molecule has 0 fully saturated rings. The van der Waals surface area contributed by atoms with E-state index in [4.69, 9.17) is 11.6 Å². The summed E-state index contributed by atoms with van der Waals surface area (Å²) in [7, 11) is 1.70. The molecule has 0 aliphatic heterocycles. The highest BCUT2D eigenvalue weighted by atomic mass is 35.5. The summed E-state index contributed by atoms with van der Waals surface area (Å²) in [6, 6.07) is 12.0. The van der Waals surface area contributed by atoms with Crippen LogP contribution >= 0.6 is 11.6 Å². The Labute approximate surface area is 179 Å². The zero-order valence-electron chi connectivity index (χ0n) is 16.7. The van der Waals surface area contributed by atoms with Crippen LogP contribution in [0, 0.1) is 5.95 Å². The lowest BCUT2D eigenvalue weighted by Gasteiger charge is -2.17. The molecule has 3 rings (SSSR count). The molecule has 154 valence electrons. The summed E-state index contributed by atoms with van der Waals surface area (Å²) < 4.78 is 13.6. The number of carbonyl (C=O) groups excluding carboxylic acids is 2. The monoisotopic (exact) mass is 425 g/mol. The van der Waals surface area contributed by atoms with Gasteiger partial charge in [-0.1, -0.05) is 36.7 Å². The van der Waals surface area contributed by atoms with Crippen LogP contribution in [-0.2, 0) is 11.2 Å². The van der Waals surface area contributed by atoms with Gasteiger partial charge in [0.05, 0.1) is 5.02 Å². The van der Waals surface area contributed by atoms with Crippen LogP contribution in [0.15, 0.2) is 54.9 Å². The fraction of sp³-hybridized carbons (Fsp3) is 0.217. The van der Waals surface area contributed by atoms with Crippen molar-refractivity contribution in [2.24, 2.45) is 0 Å². The number of ketones is 1. The predicted octanol–water partition coefficient (Wildman–Crippen LogP) is 5.12. The lowest BCUT2D eigenvalue weighted by Crippen LogP contribution is -2.24. The van der Waals surface area contributed by atoms with Crippen LogP contribution in [0.4, 0.5) is 10.1 Å². The number of hydrogen-bond acceptors (Lipinski definition) is 4. The molecule has 1 aromatic carbocycles. The molecule has 0 spiro atoms. The molecule has 2 aromatic heterocycles. The minimum absolute atomic E-state index is 0.00508. The fourth-order valence-corrected chi connectivity index (χ4v) is 3.31. The van der Waals surface area contributed by atoms with E-state index < -0.39 is 5.95 Å². The third kappa shape index (κ3) is 4.89. The molecular weight excluding hydrogens is 405 g/mol. The molecule has 0 aliphatic carbocycles. The molecule has 1 amide bonds. The SMILES string of the molecule is CCC(=O)N(C)c1ccc(-c2ccc(C(=O)CCc3cccnc3F)nc2)c(Cl)c1. The van der Waals surface area contributed by atoms with Gasteiger partial charge in [0.2, 0.25) is 11.9 Å². The Bertz CT molecular complexity index is 1070. The van der Waals surface area contributed by atoms with E-state index in [0.29, 0.717) is 28.4 Å². The van der Waals surface area contributed by atoms with Gasteiger partial charge in [0, 0.05) is 54.7 Å². The number of pyridine rings is 2. The van der Waals surface area contributed by atoms with Crippen LogP contribution in [-0.4, -0.2) is 28.7 Å². The standard InChI is InChI=1S/C23H21ClFN3O2/c1-3-22(30)28(2)17-8-9-18(19(24)13-17)16-6-10-20(27-14-16)21(29)11-7-15-5-4-12-26-23(15)25/h4-6,8-10,12-14H,3,7,11H2,1-2H3. The number of hydrogen-bond donors (Lipinski definition) is 0. The van der Waals surface area contributed by atoms with E-state index in [9.17, 15) is 14.0 Å². The Hall–Kier alpha value is -3.12. The number of benzene rings is 1. The molecule has 0 aliphatic rings. The molecule has 0 radical (unpaired) electrons. The maximum absolute atomic E-state index is 13.6. The van der Waals surface area contributed by atoms with Gasteiger partial charge in [0.25, 0.3) is 0 Å². The predicted molar refractivity (Wildman–Crippen MR) is 115 cm³/mol. The van der Waals surface area contributed by atoms with Crippen molar-refractivity contribution in [3.05, 3.63) is 77.1 Å². The van der Waals surface area contributed by atoms with Crippen molar-refractivity contribution in [3.63, 3.8) is 0 Å². The summed E-state index contributed by atoms with van der Waals surface area (Å²) >= 11 is 6.42. The quantitative estimate of drug-likeness (QED) is 0.389. The first-order valence-corrected chi connectivity index (χ1v) is 9.93. The van der Waals surface area contributed by atoms with Crippen molar-refractivity contribution < 1.29 is 14.0 Å². The Morgan fingerprint density at radius 1 is 1.13 bits per heavy atom. The molecule has 0 N–H and O–H groups in total. The molecule has 30 heavy (non-hydrogen) atoms. The average molecular weight is 426 g/mol. The maximum Gasteiger partial charge on any atom is 0.226 e. The summed E-state index contributed by atoms with van der Waals surface area (Å²) in [6.07, 6.45) is 3.77. The minimum atomic E-state index is -0.557. The summed E-state index contributed by atoms with van der Waals surface area (Å²) in [5.41, 5.74) is 2.93. The van der Waals surface area contributed by atoms with Crippen molar-refractivity contribution in [1.29, 1.82) is 0 Å². The van der Waals surface area contributed by atoms with Crippen molar-refractivity contribution >= 4 is 29.0 Å². The second-order valence-corrected chi connectivity index (χ2v) is 7.19. The Morgan fingerprint density at radius 2 is 1.93 bits per heavy atom. The number of rotatable bonds is 7. The van der Waals surface area contributed by atoms with Gasteiger partial charge in [-0.15, -0.1) is 0 Å². The van der Waals surface area contributed by atoms with Gasteiger partial charge >= 0.3 is 0 Å². The average Bonchev–Trinajstić information content (AvgIpc) is 2.77. The Balaban J connectivity index is 1.71. The first-order valence-electron chi connectivity index (χ1n) is 9.55. The van der Waals surface area contributed by atoms with Crippen molar-refractivity contribution in [1.82, 2.24) is 9.97 Å². The third-order valence-electron chi connectivity index (χ3n) is 4.83. The van der Waals surface area contributed by atoms with Crippen LogP contribution in [0.5, 0.6) is 0 Å². The molecule has 7 heteroatoms. The van der Waals surface area contributed by atoms with Crippen molar-refractivity contribution in [2.45, 2.75) is 26.2 Å². The van der Waals surface area contributed by atoms with Crippen LogP contribution in [0.2, 0.25) is 5.02 Å². The van der Waals surface area contributed by atoms with Gasteiger partial charge in [-0.2, -0.15) is 4.39 Å². The first kappa shape index (κ1) is 21.6. The summed E-state index contributed by atoms with van der Waals surface area (Å²) in [5.74, 6) is -0.738. The second-order valence-electron chi connectivity index (χ2n) is 6.78. The highest BCUT2D eigenvalue weighted by molar-refractivity contribution is 6.33. The highest BCUT2D eigenvalue weighted by Crippen LogP contribution is 2.31. The largest absolute Gasteiger partial charge is 0.315 e. The lowest BCUT2D eigenvalue weighted by molar-refractivity contribution is -0.118. The summed E-state index contributed by atoms with van der Waals surface area (Å²) in [6.45, 7) is 1.80. The smallest absolute Gasteiger partial charge is 0.226 e. The van der Waals surface area contributed by atoms with Gasteiger partial charge in [0.15, 0.2) is 5.78 Å². The minimum Gasteiger partial charge on any atom is -0.315 e. The third-order valence-corrected chi connectivity index (χ3v) is 5.15. The van der Waals surface area contributed by atoms with Gasteiger partial charge in [-0.3, -0.25) is 14.6 Å². The second kappa shape index (κ2) is 9.59. The van der Waals surface area contributed by atoms with E-state index in [1.54, 1.807) is 55.4 Å². The van der Waals surface area contributed by atoms with Gasteiger partial charge in [-0.25, -0.2) is 4.98 Å². The molecule has 5 nitrogen and oxygen atoms in total. The number of amides is 1. The molecule has 0 atom stereocenters. The molecule has 0 saturated heterocycles. The molecule has 0 unspecified atom stereocenters. The maximum atomic E-state index is 13.6. The number of anilines is 1. The Morgan fingerprint density at radius 3 is 2.57 bits per heavy atom. The van der Waals surface area contributed by atoms with E-state index in [1.807, 2.05) is 12.1 Å². The van der Waals surface area contributed by atoms with Crippen LogP contribution in [0.25, 0.3) is 11.1 Å². The van der Waals surface area contributed by atoms with E-state index >= 15 is 0 Å². The lowest BCUT2D eigenvalue weighted by atomic mass is 10.0. The van der Waals surface area contributed by atoms with E-state index in [1.165, 1.54) is 6.20 Å². The van der Waals surface area contributed by atoms with E-state index in [0.717, 1.165) is 11.1 Å². The van der Waals surface area contributed by atoms with Crippen LogP contribution < -0.4 is 4.90 Å². The Kier molecular flexibility index (Phi) is 6.90. The first-order chi connectivity index (χ1) is 14.4. The fourth-order valence-electron chi connectivity index (χ4n) is 3.03. The zero-order valence-corrected chi connectivity index (χ0v) is 17.5. The van der Waals surface area contributed by atoms with Crippen LogP contribution in [0.1, 0.15) is 35.8 Å². The molecule has 2 heterocycles. The van der Waals surface area contributed by atoms with Crippen molar-refractivity contribution in [2.75, 3.05) is 11.9 Å². The number of Topliss-reactive ketones (excluding diaryl/α,β-unsaturated/α-hetero) is 1. The topological polar surface area (TPSA) is 63.2 Å². The summed E-state index contributed by atoms with van der Waals surface area (Å²) in [5, 5.41) is 0.483. The molecular formula is C23H21ClFN3O2. The van der Waals surface area contributed by atoms with E-state index in [-0.39, 0.29) is 24.5 Å². The number of halogens is 2. The summed E-state index contributed by atoms with van der Waals surface area (Å²) in [4.78, 5) is 33.6. The number of nitrogens with zero attached hydrogens (tertiary/aromatic N) is 3. The van der Waals surface area contributed by atoms with Gasteiger partial charge in [0.1, 0.15) is 5.69 Å². The van der Waals surface area contributed by atoms with Crippen molar-refractivity contribution in [3.8, 4) is 11.1 Å². The normalized spacial score (nSPS) is 10.7. The number of aryl methyl sites for hydroxylation is 1. The molecule has 0 bridgehead atoms. The van der Waals surface area contributed by atoms with Crippen LogP contribution in [0.3, 0.4) is 0 Å². The van der Waals surface area contributed by atoms with E-state index in [2.05, 4.69) is 9.97 Å². The highest BCUT2D eigenvalue weighted by Gasteiger charge is 2.13. The number of aromatic nitrogens is 2. The van der Waals surface area contributed by atoms with Gasteiger partial charge in [-0.05, 0) is 30.7 Å². The molecule has 0 saturated carbocycles. The number of carbonyl (C=O) groups is 2. The van der Waals surface area contributed by atoms with Gasteiger partial charge < -0.3 is 4.90 Å². The molecule has 3 aromatic rings. The zero-order chi connectivity index (χ0) is 21.7.